The van der Waals surface area contributed by atoms with Gasteiger partial charge in [-0.05, 0) is 32.1 Å². The molecule has 0 amide bonds. The van der Waals surface area contributed by atoms with Crippen LogP contribution in [0.25, 0.3) is 0 Å². The maximum absolute atomic E-state index is 11.5. The van der Waals surface area contributed by atoms with Crippen LogP contribution in [-0.2, 0) is 6.54 Å². The highest BCUT2D eigenvalue weighted by molar-refractivity contribution is 4.93. The average molecular weight is 223 g/mol. The van der Waals surface area contributed by atoms with Gasteiger partial charge in [0.05, 0.1) is 0 Å². The number of nitrogens with zero attached hydrogens (tertiary/aromatic N) is 2. The fourth-order valence-electron chi connectivity index (χ4n) is 1.64. The van der Waals surface area contributed by atoms with Gasteiger partial charge in [-0.2, -0.15) is 0 Å². The first-order chi connectivity index (χ1) is 7.77. The number of likely N-dealkylation sites (N-methyl/N-ethyl adjacent to an activating group) is 1. The molecule has 0 spiro atoms. The minimum atomic E-state index is 0.0670. The fraction of sp³-hybridized carbons (Fsp3) is 0.583. The molecular weight excluding hydrogens is 202 g/mol. The van der Waals surface area contributed by atoms with Crippen molar-refractivity contribution in [1.82, 2.24) is 9.47 Å². The number of hydrogen-bond acceptors (Lipinski definition) is 3. The summed E-state index contributed by atoms with van der Waals surface area (Å²) in [5.74, 6) is 0. The van der Waals surface area contributed by atoms with Crippen LogP contribution < -0.4 is 11.3 Å². The summed E-state index contributed by atoms with van der Waals surface area (Å²) in [7, 11) is 0. The third-order valence-electron chi connectivity index (χ3n) is 2.68. The Bertz CT molecular complexity index is 348. The van der Waals surface area contributed by atoms with Crippen LogP contribution in [0, 0.1) is 0 Å². The zero-order valence-electron chi connectivity index (χ0n) is 9.93. The van der Waals surface area contributed by atoms with Gasteiger partial charge in [0, 0.05) is 25.4 Å². The van der Waals surface area contributed by atoms with Crippen molar-refractivity contribution in [2.45, 2.75) is 19.9 Å². The van der Waals surface area contributed by atoms with Crippen LogP contribution in [-0.4, -0.2) is 35.6 Å². The highest BCUT2D eigenvalue weighted by Crippen LogP contribution is 1.92. The molecule has 2 N–H and O–H groups in total. The summed E-state index contributed by atoms with van der Waals surface area (Å²) in [6, 6.07) is 5.25. The topological polar surface area (TPSA) is 51.3 Å². The molecule has 1 aromatic rings. The molecule has 90 valence electrons. The van der Waals surface area contributed by atoms with E-state index >= 15 is 0 Å². The lowest BCUT2D eigenvalue weighted by Gasteiger charge is -2.20. The van der Waals surface area contributed by atoms with E-state index in [0.29, 0.717) is 0 Å². The van der Waals surface area contributed by atoms with Crippen molar-refractivity contribution in [2.24, 2.45) is 5.73 Å². The molecule has 16 heavy (non-hydrogen) atoms. The molecule has 0 aliphatic carbocycles. The van der Waals surface area contributed by atoms with Crippen LogP contribution >= 0.6 is 0 Å². The van der Waals surface area contributed by atoms with E-state index in [4.69, 9.17) is 5.73 Å². The summed E-state index contributed by atoms with van der Waals surface area (Å²) in [6.07, 6.45) is 2.84. The van der Waals surface area contributed by atoms with Crippen LogP contribution in [0.5, 0.6) is 0 Å². The molecule has 1 aromatic heterocycles. The Morgan fingerprint density at radius 2 is 2.19 bits per heavy atom. The van der Waals surface area contributed by atoms with Gasteiger partial charge in [0.2, 0.25) is 0 Å². The Balaban J connectivity index is 2.43. The standard InChI is InChI=1S/C12H21N3O/c1-2-14(8-5-7-13)10-11-15-9-4-3-6-12(15)16/h3-4,6,9H,2,5,7-8,10-11,13H2,1H3. The molecule has 0 fully saturated rings. The van der Waals surface area contributed by atoms with Crippen molar-refractivity contribution in [2.75, 3.05) is 26.2 Å². The fourth-order valence-corrected chi connectivity index (χ4v) is 1.64. The van der Waals surface area contributed by atoms with Crippen molar-refractivity contribution in [3.05, 3.63) is 34.7 Å². The third-order valence-corrected chi connectivity index (χ3v) is 2.68. The molecule has 0 saturated carbocycles. The molecular formula is C12H21N3O. The monoisotopic (exact) mass is 223 g/mol. The Hall–Kier alpha value is -1.13. The van der Waals surface area contributed by atoms with Gasteiger partial charge in [0.1, 0.15) is 0 Å². The van der Waals surface area contributed by atoms with Crippen LogP contribution in [0.15, 0.2) is 29.2 Å². The molecule has 0 atom stereocenters. The zero-order chi connectivity index (χ0) is 11.8. The van der Waals surface area contributed by atoms with Gasteiger partial charge in [-0.1, -0.05) is 13.0 Å². The molecule has 0 aromatic carbocycles. The van der Waals surface area contributed by atoms with Crippen LogP contribution in [0.2, 0.25) is 0 Å². The summed E-state index contributed by atoms with van der Waals surface area (Å²) in [5.41, 5.74) is 5.55. The van der Waals surface area contributed by atoms with Gasteiger partial charge in [-0.3, -0.25) is 4.79 Å². The van der Waals surface area contributed by atoms with Gasteiger partial charge in [-0.15, -0.1) is 0 Å². The highest BCUT2D eigenvalue weighted by Gasteiger charge is 2.02. The molecule has 1 rings (SSSR count). The van der Waals surface area contributed by atoms with E-state index in [0.717, 1.165) is 39.1 Å². The Kier molecular flexibility index (Phi) is 5.82. The number of aromatic nitrogens is 1. The summed E-state index contributed by atoms with van der Waals surface area (Å²) in [5, 5.41) is 0. The van der Waals surface area contributed by atoms with E-state index in [1.807, 2.05) is 12.3 Å². The number of nitrogens with two attached hydrogens (primary N) is 1. The van der Waals surface area contributed by atoms with Gasteiger partial charge in [-0.25, -0.2) is 0 Å². The average Bonchev–Trinajstić information content (AvgIpc) is 2.31. The second kappa shape index (κ2) is 7.19. The number of rotatable bonds is 7. The first-order valence-electron chi connectivity index (χ1n) is 5.85. The quantitative estimate of drug-likeness (QED) is 0.733. The maximum Gasteiger partial charge on any atom is 0.250 e. The van der Waals surface area contributed by atoms with E-state index in [9.17, 15) is 4.79 Å². The van der Waals surface area contributed by atoms with Gasteiger partial charge >= 0.3 is 0 Å². The molecule has 0 aliphatic rings. The van der Waals surface area contributed by atoms with Crippen molar-refractivity contribution >= 4 is 0 Å². The van der Waals surface area contributed by atoms with Crippen molar-refractivity contribution in [1.29, 1.82) is 0 Å². The lowest BCUT2D eigenvalue weighted by molar-refractivity contribution is 0.273. The molecule has 0 saturated heterocycles. The first-order valence-corrected chi connectivity index (χ1v) is 5.85. The predicted molar refractivity (Wildman–Crippen MR) is 66.5 cm³/mol. The first kappa shape index (κ1) is 12.9. The Morgan fingerprint density at radius 1 is 1.38 bits per heavy atom. The molecule has 0 aliphatic heterocycles. The molecule has 1 heterocycles. The number of pyridine rings is 1. The summed E-state index contributed by atoms with van der Waals surface area (Å²) in [4.78, 5) is 13.8. The van der Waals surface area contributed by atoms with Crippen LogP contribution in [0.3, 0.4) is 0 Å². The van der Waals surface area contributed by atoms with E-state index in [1.165, 1.54) is 0 Å². The second-order valence-corrected chi connectivity index (χ2v) is 3.81. The van der Waals surface area contributed by atoms with Gasteiger partial charge in [0.15, 0.2) is 0 Å². The lowest BCUT2D eigenvalue weighted by atomic mass is 10.3. The number of hydrogen-bond donors (Lipinski definition) is 1. The zero-order valence-corrected chi connectivity index (χ0v) is 9.93. The van der Waals surface area contributed by atoms with E-state index in [2.05, 4.69) is 11.8 Å². The predicted octanol–water partition coefficient (Wildman–Crippen LogP) is 0.519. The maximum atomic E-state index is 11.5. The summed E-state index contributed by atoms with van der Waals surface area (Å²) in [6.45, 7) is 6.51. The largest absolute Gasteiger partial charge is 0.330 e. The normalized spacial score (nSPS) is 10.9. The van der Waals surface area contributed by atoms with Crippen LogP contribution in [0.1, 0.15) is 13.3 Å². The molecule has 0 radical (unpaired) electrons. The second-order valence-electron chi connectivity index (χ2n) is 3.81. The van der Waals surface area contributed by atoms with Gasteiger partial charge in [0.25, 0.3) is 5.56 Å². The minimum absolute atomic E-state index is 0.0670. The summed E-state index contributed by atoms with van der Waals surface area (Å²) >= 11 is 0. The van der Waals surface area contributed by atoms with Crippen LogP contribution in [0.4, 0.5) is 0 Å². The molecule has 4 heteroatoms. The molecule has 0 bridgehead atoms. The van der Waals surface area contributed by atoms with Gasteiger partial charge < -0.3 is 15.2 Å². The van der Waals surface area contributed by atoms with E-state index < -0.39 is 0 Å². The molecule has 4 nitrogen and oxygen atoms in total. The molecule has 0 unspecified atom stereocenters. The lowest BCUT2D eigenvalue weighted by Crippen LogP contribution is -2.32. The third kappa shape index (κ3) is 4.16. The van der Waals surface area contributed by atoms with E-state index in [1.54, 1.807) is 16.7 Å². The minimum Gasteiger partial charge on any atom is -0.330 e. The smallest absolute Gasteiger partial charge is 0.250 e. The SMILES string of the molecule is CCN(CCCN)CCn1ccccc1=O. The Morgan fingerprint density at radius 3 is 2.81 bits per heavy atom. The van der Waals surface area contributed by atoms with Crippen molar-refractivity contribution in [3.8, 4) is 0 Å². The van der Waals surface area contributed by atoms with E-state index in [-0.39, 0.29) is 5.56 Å². The highest BCUT2D eigenvalue weighted by atomic mass is 16.1. The van der Waals surface area contributed by atoms with Crippen molar-refractivity contribution < 1.29 is 0 Å². The van der Waals surface area contributed by atoms with Crippen molar-refractivity contribution in [3.63, 3.8) is 0 Å². The Labute approximate surface area is 96.7 Å². The summed E-state index contributed by atoms with van der Waals surface area (Å²) < 4.78 is 1.74.